The van der Waals surface area contributed by atoms with E-state index in [2.05, 4.69) is 26.4 Å². The van der Waals surface area contributed by atoms with Gasteiger partial charge >= 0.3 is 0 Å². The Morgan fingerprint density at radius 3 is 2.73 bits per heavy atom. The molecule has 0 aliphatic carbocycles. The van der Waals surface area contributed by atoms with Crippen LogP contribution in [0.2, 0.25) is 0 Å². The van der Waals surface area contributed by atoms with Crippen molar-refractivity contribution in [1.29, 1.82) is 0 Å². The molecule has 1 aliphatic heterocycles. The van der Waals surface area contributed by atoms with E-state index in [0.717, 1.165) is 36.1 Å². The van der Waals surface area contributed by atoms with Gasteiger partial charge < -0.3 is 19.7 Å². The summed E-state index contributed by atoms with van der Waals surface area (Å²) < 4.78 is 39.2. The molecular formula is C21H25F2N5O2. The second-order valence-corrected chi connectivity index (χ2v) is 7.22. The highest BCUT2D eigenvalue weighted by Crippen LogP contribution is 2.26. The van der Waals surface area contributed by atoms with E-state index in [0.29, 0.717) is 19.2 Å². The lowest BCUT2D eigenvalue weighted by molar-refractivity contribution is -0.0100. The second kappa shape index (κ2) is 8.76. The molecular weight excluding hydrogens is 392 g/mol. The summed E-state index contributed by atoms with van der Waals surface area (Å²) in [6.45, 7) is 4.75. The molecule has 7 nitrogen and oxygen atoms in total. The van der Waals surface area contributed by atoms with E-state index in [1.54, 1.807) is 7.11 Å². The molecule has 4 rings (SSSR count). The molecule has 0 bridgehead atoms. The molecule has 9 heteroatoms. The molecule has 3 aromatic rings. The zero-order valence-corrected chi connectivity index (χ0v) is 16.8. The van der Waals surface area contributed by atoms with Crippen LogP contribution in [0.15, 0.2) is 42.7 Å². The van der Waals surface area contributed by atoms with Crippen molar-refractivity contribution >= 4 is 17.3 Å². The summed E-state index contributed by atoms with van der Waals surface area (Å²) in [5.41, 5.74) is 3.23. The molecule has 1 aliphatic rings. The summed E-state index contributed by atoms with van der Waals surface area (Å²) in [4.78, 5) is 6.46. The van der Waals surface area contributed by atoms with Crippen molar-refractivity contribution in [2.24, 2.45) is 0 Å². The van der Waals surface area contributed by atoms with Crippen molar-refractivity contribution in [1.82, 2.24) is 14.8 Å². The minimum atomic E-state index is -0.671. The van der Waals surface area contributed by atoms with Crippen LogP contribution in [0.4, 0.5) is 26.1 Å². The molecule has 1 atom stereocenters. The molecule has 1 unspecified atom stereocenters. The zero-order valence-electron chi connectivity index (χ0n) is 16.8. The predicted octanol–water partition coefficient (Wildman–Crippen LogP) is 3.70. The predicted molar refractivity (Wildman–Crippen MR) is 112 cm³/mol. The smallest absolute Gasteiger partial charge is 0.246 e. The van der Waals surface area contributed by atoms with E-state index in [1.807, 2.05) is 19.1 Å². The van der Waals surface area contributed by atoms with Gasteiger partial charge in [-0.2, -0.15) is 4.98 Å². The van der Waals surface area contributed by atoms with Gasteiger partial charge in [0.2, 0.25) is 5.95 Å². The molecule has 0 saturated carbocycles. The lowest BCUT2D eigenvalue weighted by Gasteiger charge is -2.34. The molecule has 1 saturated heterocycles. The molecule has 2 aromatic carbocycles. The Bertz CT molecular complexity index is 1010. The molecule has 0 amide bonds. The molecule has 0 radical (unpaired) electrons. The van der Waals surface area contributed by atoms with E-state index in [-0.39, 0.29) is 13.2 Å². The number of rotatable bonds is 6. The van der Waals surface area contributed by atoms with Gasteiger partial charge in [0.15, 0.2) is 0 Å². The van der Waals surface area contributed by atoms with Gasteiger partial charge in [-0.3, -0.25) is 0 Å². The largest absolute Gasteiger partial charge is 0.382 e. The molecule has 160 valence electrons. The highest BCUT2D eigenvalue weighted by atomic mass is 19.1. The third-order valence-electron chi connectivity index (χ3n) is 4.78. The number of nitrogens with zero attached hydrogens (tertiary/aromatic N) is 4. The van der Waals surface area contributed by atoms with Gasteiger partial charge in [0.25, 0.3) is 0 Å². The normalized spacial score (nSPS) is 16.7. The first-order valence-corrected chi connectivity index (χ1v) is 9.62. The first-order chi connectivity index (χ1) is 14.5. The maximum absolute atomic E-state index is 13.5. The van der Waals surface area contributed by atoms with Crippen LogP contribution in [-0.2, 0) is 9.47 Å². The average molecular weight is 417 g/mol. The van der Waals surface area contributed by atoms with Gasteiger partial charge in [-0.05, 0) is 42.8 Å². The van der Waals surface area contributed by atoms with E-state index in [4.69, 9.17) is 9.47 Å². The fourth-order valence-corrected chi connectivity index (χ4v) is 3.50. The van der Waals surface area contributed by atoms with Crippen LogP contribution in [0, 0.1) is 18.6 Å². The number of aryl methyl sites for hydroxylation is 1. The SMILES string of the molecule is COCC1CN(c2cc(C)cc(Nc3ncn(-c4cc(F)cc(F)c4)n3)c2)CCO1.[HH]. The highest BCUT2D eigenvalue weighted by Gasteiger charge is 2.21. The van der Waals surface area contributed by atoms with Crippen LogP contribution in [0.5, 0.6) is 0 Å². The van der Waals surface area contributed by atoms with Crippen LogP contribution < -0.4 is 10.2 Å². The Kier molecular flexibility index (Phi) is 5.91. The Balaban J connectivity index is 0.00000272. The monoisotopic (exact) mass is 417 g/mol. The van der Waals surface area contributed by atoms with Crippen LogP contribution >= 0.6 is 0 Å². The number of nitrogens with one attached hydrogen (secondary N) is 1. The number of halogens is 2. The Labute approximate surface area is 174 Å². The zero-order chi connectivity index (χ0) is 21.1. The average Bonchev–Trinajstić information content (AvgIpc) is 3.16. The van der Waals surface area contributed by atoms with Crippen LogP contribution in [0.25, 0.3) is 5.69 Å². The number of hydrogen-bond donors (Lipinski definition) is 1. The van der Waals surface area contributed by atoms with Crippen molar-refractivity contribution in [2.75, 3.05) is 43.6 Å². The first-order valence-electron chi connectivity index (χ1n) is 9.62. The van der Waals surface area contributed by atoms with Crippen LogP contribution in [0.3, 0.4) is 0 Å². The fraction of sp³-hybridized carbons (Fsp3) is 0.333. The Hall–Kier alpha value is -3.04. The van der Waals surface area contributed by atoms with Gasteiger partial charge in [-0.1, -0.05) is 0 Å². The topological polar surface area (TPSA) is 64.4 Å². The highest BCUT2D eigenvalue weighted by molar-refractivity contribution is 5.64. The van der Waals surface area contributed by atoms with Crippen molar-refractivity contribution < 1.29 is 19.7 Å². The fourth-order valence-electron chi connectivity index (χ4n) is 3.50. The number of benzene rings is 2. The number of anilines is 3. The second-order valence-electron chi connectivity index (χ2n) is 7.22. The summed E-state index contributed by atoms with van der Waals surface area (Å²) >= 11 is 0. The van der Waals surface area contributed by atoms with Gasteiger partial charge in [0.1, 0.15) is 18.0 Å². The molecule has 2 heterocycles. The van der Waals surface area contributed by atoms with E-state index in [1.165, 1.54) is 23.1 Å². The Morgan fingerprint density at radius 1 is 1.17 bits per heavy atom. The summed E-state index contributed by atoms with van der Waals surface area (Å²) in [5, 5.41) is 7.44. The van der Waals surface area contributed by atoms with Crippen LogP contribution in [0.1, 0.15) is 6.99 Å². The minimum Gasteiger partial charge on any atom is -0.382 e. The molecule has 1 N–H and O–H groups in total. The van der Waals surface area contributed by atoms with Crippen molar-refractivity contribution in [2.45, 2.75) is 13.0 Å². The van der Waals surface area contributed by atoms with Crippen molar-refractivity contribution in [3.63, 3.8) is 0 Å². The van der Waals surface area contributed by atoms with Gasteiger partial charge in [0, 0.05) is 39.1 Å². The number of morpholine rings is 1. The van der Waals surface area contributed by atoms with Crippen molar-refractivity contribution in [3.05, 3.63) is 59.9 Å². The molecule has 1 aromatic heterocycles. The molecule has 30 heavy (non-hydrogen) atoms. The summed E-state index contributed by atoms with van der Waals surface area (Å²) in [6, 6.07) is 9.32. The minimum absolute atomic E-state index is 0. The quantitative estimate of drug-likeness (QED) is 0.660. The van der Waals surface area contributed by atoms with E-state index >= 15 is 0 Å². The lowest BCUT2D eigenvalue weighted by atomic mass is 10.1. The maximum atomic E-state index is 13.5. The van der Waals surface area contributed by atoms with E-state index in [9.17, 15) is 8.78 Å². The Morgan fingerprint density at radius 2 is 1.97 bits per heavy atom. The summed E-state index contributed by atoms with van der Waals surface area (Å²) in [6.07, 6.45) is 1.44. The summed E-state index contributed by atoms with van der Waals surface area (Å²) in [5.74, 6) is -1.01. The number of methoxy groups -OCH3 is 1. The third-order valence-corrected chi connectivity index (χ3v) is 4.78. The first kappa shape index (κ1) is 20.2. The van der Waals surface area contributed by atoms with Crippen LogP contribution in [-0.4, -0.2) is 54.3 Å². The summed E-state index contributed by atoms with van der Waals surface area (Å²) in [7, 11) is 1.67. The van der Waals surface area contributed by atoms with Crippen molar-refractivity contribution in [3.8, 4) is 5.69 Å². The van der Waals surface area contributed by atoms with Gasteiger partial charge in [-0.15, -0.1) is 5.10 Å². The lowest BCUT2D eigenvalue weighted by Crippen LogP contribution is -2.44. The number of hydrogen-bond acceptors (Lipinski definition) is 6. The van der Waals surface area contributed by atoms with E-state index < -0.39 is 11.6 Å². The third kappa shape index (κ3) is 4.74. The van der Waals surface area contributed by atoms with Gasteiger partial charge in [-0.25, -0.2) is 13.5 Å². The standard InChI is InChI=1S/C21H23F2N5O2.H2/c1-14-5-17(10-18(6-14)27-3-4-30-20(11-27)12-29-2)25-21-24-13-28(26-21)19-8-15(22)7-16(23)9-19;/h5-10,13,20H,3-4,11-12H2,1-2H3,(H,25,26);1H. The number of aromatic nitrogens is 3. The number of ether oxygens (including phenoxy) is 2. The molecule has 0 spiro atoms. The maximum Gasteiger partial charge on any atom is 0.246 e. The van der Waals surface area contributed by atoms with Gasteiger partial charge in [0.05, 0.1) is 25.0 Å². The molecule has 1 fully saturated rings.